The second-order valence-electron chi connectivity index (χ2n) is 7.02. The smallest absolute Gasteiger partial charge is 0.169 e. The fourth-order valence-corrected chi connectivity index (χ4v) is 4.30. The van der Waals surface area contributed by atoms with Crippen molar-refractivity contribution in [3.8, 4) is 5.75 Å². The maximum atomic E-state index is 5.71. The Morgan fingerprint density at radius 1 is 1.26 bits per heavy atom. The van der Waals surface area contributed by atoms with E-state index in [9.17, 15) is 0 Å². The summed E-state index contributed by atoms with van der Waals surface area (Å²) < 4.78 is 5.44. The predicted octanol–water partition coefficient (Wildman–Crippen LogP) is 4.33. The Bertz CT molecular complexity index is 977. The molecule has 0 saturated heterocycles. The Morgan fingerprint density at radius 2 is 2.04 bits per heavy atom. The Hall–Kier alpha value is -2.53. The minimum Gasteiger partial charge on any atom is -0.497 e. The van der Waals surface area contributed by atoms with Crippen LogP contribution >= 0.6 is 12.2 Å². The number of nitrogens with zero attached hydrogens (tertiary/aromatic N) is 1. The van der Waals surface area contributed by atoms with E-state index in [1.54, 1.807) is 7.11 Å². The Balaban J connectivity index is 1.87. The van der Waals surface area contributed by atoms with Gasteiger partial charge in [0.25, 0.3) is 0 Å². The lowest BCUT2D eigenvalue weighted by molar-refractivity contribution is 0.330. The van der Waals surface area contributed by atoms with Gasteiger partial charge in [-0.2, -0.15) is 0 Å². The zero-order chi connectivity index (χ0) is 19.0. The molecule has 1 aliphatic rings. The maximum Gasteiger partial charge on any atom is 0.169 e. The highest BCUT2D eigenvalue weighted by molar-refractivity contribution is 7.80. The van der Waals surface area contributed by atoms with Gasteiger partial charge in [0.05, 0.1) is 13.2 Å². The van der Waals surface area contributed by atoms with Crippen LogP contribution in [0.3, 0.4) is 0 Å². The first-order chi connectivity index (χ1) is 13.1. The highest BCUT2D eigenvalue weighted by atomic mass is 32.1. The van der Waals surface area contributed by atoms with E-state index in [4.69, 9.17) is 17.0 Å². The summed E-state index contributed by atoms with van der Waals surface area (Å²) in [7, 11) is 1.71. The lowest BCUT2D eigenvalue weighted by atomic mass is 9.92. The number of aryl methyl sites for hydroxylation is 1. The number of hydrogen-bond acceptors (Lipinski definition) is 2. The molecule has 0 aliphatic carbocycles. The molecule has 0 fully saturated rings. The van der Waals surface area contributed by atoms with Crippen molar-refractivity contribution in [2.45, 2.75) is 26.3 Å². The van der Waals surface area contributed by atoms with Crippen LogP contribution in [0.2, 0.25) is 0 Å². The number of aromatic nitrogens is 1. The summed E-state index contributed by atoms with van der Waals surface area (Å²) in [4.78, 5) is 5.98. The number of H-pyrrole nitrogens is 1. The van der Waals surface area contributed by atoms with Gasteiger partial charge < -0.3 is 19.9 Å². The number of rotatable bonds is 3. The molecule has 1 atom stereocenters. The normalized spacial score (nSPS) is 16.3. The van der Waals surface area contributed by atoms with Crippen molar-refractivity contribution in [3.63, 3.8) is 0 Å². The largest absolute Gasteiger partial charge is 0.497 e. The van der Waals surface area contributed by atoms with Gasteiger partial charge >= 0.3 is 0 Å². The molecule has 0 spiro atoms. The highest BCUT2D eigenvalue weighted by Gasteiger charge is 2.33. The van der Waals surface area contributed by atoms with E-state index in [1.165, 1.54) is 27.8 Å². The molecule has 27 heavy (non-hydrogen) atoms. The van der Waals surface area contributed by atoms with Crippen LogP contribution in [0, 0.1) is 6.92 Å². The first kappa shape index (κ1) is 17.9. The number of methoxy groups -OCH3 is 1. The third kappa shape index (κ3) is 3.16. The van der Waals surface area contributed by atoms with Gasteiger partial charge in [-0.3, -0.25) is 0 Å². The van der Waals surface area contributed by atoms with Crippen LogP contribution in [0.15, 0.2) is 42.5 Å². The molecule has 0 bridgehead atoms. The van der Waals surface area contributed by atoms with Crippen molar-refractivity contribution in [3.05, 3.63) is 64.8 Å². The number of aromatic amines is 1. The lowest BCUT2D eigenvalue weighted by Gasteiger charge is -2.38. The summed E-state index contributed by atoms with van der Waals surface area (Å²) in [6.07, 6.45) is 0.955. The summed E-state index contributed by atoms with van der Waals surface area (Å²) in [6.45, 7) is 5.92. The Labute approximate surface area is 165 Å². The van der Waals surface area contributed by atoms with Crippen LogP contribution in [-0.2, 0) is 6.42 Å². The molecule has 2 N–H and O–H groups in total. The van der Waals surface area contributed by atoms with Crippen LogP contribution in [0.25, 0.3) is 10.9 Å². The van der Waals surface area contributed by atoms with Gasteiger partial charge in [-0.05, 0) is 61.8 Å². The number of hydrogen-bond donors (Lipinski definition) is 2. The first-order valence-electron chi connectivity index (χ1n) is 9.42. The number of ether oxygens (including phenoxy) is 1. The van der Waals surface area contributed by atoms with Crippen LogP contribution < -0.4 is 10.1 Å². The number of nitrogens with one attached hydrogen (secondary N) is 2. The third-order valence-electron chi connectivity index (χ3n) is 5.32. The van der Waals surface area contributed by atoms with Gasteiger partial charge in [0.2, 0.25) is 0 Å². The predicted molar refractivity (Wildman–Crippen MR) is 115 cm³/mol. The van der Waals surface area contributed by atoms with Gasteiger partial charge in [0.15, 0.2) is 5.11 Å². The lowest BCUT2D eigenvalue weighted by Crippen LogP contribution is -2.45. The van der Waals surface area contributed by atoms with E-state index < -0.39 is 0 Å². The van der Waals surface area contributed by atoms with Gasteiger partial charge in [-0.1, -0.05) is 29.8 Å². The molecule has 1 unspecified atom stereocenters. The summed E-state index contributed by atoms with van der Waals surface area (Å²) in [5, 5.41) is 5.39. The van der Waals surface area contributed by atoms with E-state index in [-0.39, 0.29) is 6.04 Å². The number of benzene rings is 2. The zero-order valence-corrected chi connectivity index (χ0v) is 16.8. The fraction of sp³-hybridized carbons (Fsp3) is 0.318. The molecule has 5 heteroatoms. The highest BCUT2D eigenvalue weighted by Crippen LogP contribution is 2.39. The van der Waals surface area contributed by atoms with Gasteiger partial charge in [-0.25, -0.2) is 0 Å². The van der Waals surface area contributed by atoms with Gasteiger partial charge in [0.1, 0.15) is 5.75 Å². The van der Waals surface area contributed by atoms with Crippen LogP contribution in [0.4, 0.5) is 0 Å². The summed E-state index contributed by atoms with van der Waals surface area (Å²) in [6, 6.07) is 15.1. The monoisotopic (exact) mass is 379 g/mol. The average Bonchev–Trinajstić information content (AvgIpc) is 3.06. The van der Waals surface area contributed by atoms with Gasteiger partial charge in [0, 0.05) is 29.7 Å². The molecule has 4 nitrogen and oxygen atoms in total. The maximum absolute atomic E-state index is 5.71. The summed E-state index contributed by atoms with van der Waals surface area (Å²) in [5.74, 6) is 0.891. The molecule has 0 saturated carbocycles. The van der Waals surface area contributed by atoms with Crippen LogP contribution in [-0.4, -0.2) is 35.2 Å². The van der Waals surface area contributed by atoms with E-state index in [0.717, 1.165) is 35.9 Å². The Morgan fingerprint density at radius 3 is 2.74 bits per heavy atom. The van der Waals surface area contributed by atoms with E-state index in [0.29, 0.717) is 0 Å². The SMILES string of the molecule is CCNC(=S)N1CCc2c([nH]c3ccc(OC)cc23)C1c1ccc(C)cc1. The molecule has 4 rings (SSSR count). The standard InChI is InChI=1S/C22H25N3OS/c1-4-23-22(27)25-12-11-17-18-13-16(26-3)9-10-19(18)24-20(17)21(25)15-7-5-14(2)6-8-15/h5-10,13,21,24H,4,11-12H2,1-3H3,(H,23,27). The molecule has 0 radical (unpaired) electrons. The van der Waals surface area contributed by atoms with Crippen molar-refractivity contribution >= 4 is 28.2 Å². The minimum absolute atomic E-state index is 0.0827. The molecule has 2 heterocycles. The molecular weight excluding hydrogens is 354 g/mol. The second kappa shape index (κ2) is 7.24. The topological polar surface area (TPSA) is 40.3 Å². The first-order valence-corrected chi connectivity index (χ1v) is 9.82. The van der Waals surface area contributed by atoms with E-state index >= 15 is 0 Å². The molecule has 1 aromatic heterocycles. The van der Waals surface area contributed by atoms with Crippen molar-refractivity contribution in [2.24, 2.45) is 0 Å². The van der Waals surface area contributed by atoms with Crippen molar-refractivity contribution in [1.82, 2.24) is 15.2 Å². The summed E-state index contributed by atoms with van der Waals surface area (Å²) in [5.41, 5.74) is 6.25. The Kier molecular flexibility index (Phi) is 4.79. The van der Waals surface area contributed by atoms with Crippen molar-refractivity contribution in [2.75, 3.05) is 20.2 Å². The molecule has 2 aromatic carbocycles. The zero-order valence-electron chi connectivity index (χ0n) is 16.0. The quantitative estimate of drug-likeness (QED) is 0.665. The van der Waals surface area contributed by atoms with E-state index in [2.05, 4.69) is 65.4 Å². The van der Waals surface area contributed by atoms with Gasteiger partial charge in [-0.15, -0.1) is 0 Å². The molecule has 140 valence electrons. The molecule has 1 aliphatic heterocycles. The minimum atomic E-state index is 0.0827. The average molecular weight is 380 g/mol. The van der Waals surface area contributed by atoms with Crippen molar-refractivity contribution in [1.29, 1.82) is 0 Å². The molecular formula is C22H25N3OS. The molecule has 0 amide bonds. The molecule has 3 aromatic rings. The fourth-order valence-electron chi connectivity index (χ4n) is 3.96. The number of fused-ring (bicyclic) bond motifs is 3. The van der Waals surface area contributed by atoms with Crippen LogP contribution in [0.5, 0.6) is 5.75 Å². The number of thiocarbonyl (C=S) groups is 1. The second-order valence-corrected chi connectivity index (χ2v) is 7.41. The van der Waals surface area contributed by atoms with Crippen LogP contribution in [0.1, 0.15) is 35.3 Å². The van der Waals surface area contributed by atoms with Crippen molar-refractivity contribution < 1.29 is 4.74 Å². The summed E-state index contributed by atoms with van der Waals surface area (Å²) >= 11 is 5.71. The third-order valence-corrected chi connectivity index (χ3v) is 5.69. The van der Waals surface area contributed by atoms with E-state index in [1.807, 2.05) is 6.07 Å².